The molecule has 1 amide bonds. The molecule has 1 aromatic carbocycles. The largest absolute Gasteiger partial charge is 0.461 e. The van der Waals surface area contributed by atoms with Gasteiger partial charge in [0.25, 0.3) is 0 Å². The number of benzene rings is 1. The second kappa shape index (κ2) is 7.92. The standard InChI is InChI=1S/C20H25N3O6/c1-4-26-20(25)19-18(13-5-15-16(28-10-27-15)6-14(13)21-19)22-17(24)9-23-7-11(2)29-12(3)8-23/h5-6,11-12,21H,4,7-10H2,1-3H3,(H,22,24). The van der Waals surface area contributed by atoms with Gasteiger partial charge in [0, 0.05) is 24.5 Å². The van der Waals surface area contributed by atoms with Gasteiger partial charge < -0.3 is 29.2 Å². The Balaban J connectivity index is 1.61. The Morgan fingerprint density at radius 3 is 2.59 bits per heavy atom. The summed E-state index contributed by atoms with van der Waals surface area (Å²) in [7, 11) is 0. The molecule has 2 aliphatic rings. The van der Waals surface area contributed by atoms with Crippen molar-refractivity contribution < 1.29 is 28.5 Å². The molecule has 1 saturated heterocycles. The van der Waals surface area contributed by atoms with Crippen molar-refractivity contribution in [1.29, 1.82) is 0 Å². The van der Waals surface area contributed by atoms with Crippen LogP contribution in [-0.2, 0) is 14.3 Å². The highest BCUT2D eigenvalue weighted by Gasteiger charge is 2.27. The third-order valence-corrected chi connectivity index (χ3v) is 4.90. The predicted molar refractivity (Wildman–Crippen MR) is 105 cm³/mol. The van der Waals surface area contributed by atoms with E-state index in [9.17, 15) is 9.59 Å². The van der Waals surface area contributed by atoms with E-state index in [1.807, 2.05) is 18.7 Å². The number of fused-ring (bicyclic) bond motifs is 2. The van der Waals surface area contributed by atoms with Crippen molar-refractivity contribution in [1.82, 2.24) is 9.88 Å². The summed E-state index contributed by atoms with van der Waals surface area (Å²) in [4.78, 5) is 30.3. The van der Waals surface area contributed by atoms with Crippen molar-refractivity contribution in [3.8, 4) is 11.5 Å². The molecule has 1 fully saturated rings. The summed E-state index contributed by atoms with van der Waals surface area (Å²) in [5.41, 5.74) is 1.24. The maximum Gasteiger partial charge on any atom is 0.356 e. The molecule has 9 nitrogen and oxygen atoms in total. The molecular formula is C20H25N3O6. The van der Waals surface area contributed by atoms with E-state index in [-0.39, 0.29) is 43.8 Å². The average molecular weight is 403 g/mol. The number of hydrogen-bond acceptors (Lipinski definition) is 7. The first-order valence-corrected chi connectivity index (χ1v) is 9.74. The molecule has 3 heterocycles. The normalized spacial score (nSPS) is 21.3. The molecular weight excluding hydrogens is 378 g/mol. The minimum atomic E-state index is -0.533. The van der Waals surface area contributed by atoms with Crippen LogP contribution in [-0.4, -0.2) is 67.0 Å². The van der Waals surface area contributed by atoms with E-state index in [1.54, 1.807) is 19.1 Å². The van der Waals surface area contributed by atoms with Crippen LogP contribution in [0.2, 0.25) is 0 Å². The van der Waals surface area contributed by atoms with Gasteiger partial charge >= 0.3 is 5.97 Å². The molecule has 2 N–H and O–H groups in total. The van der Waals surface area contributed by atoms with Crippen molar-refractivity contribution in [3.05, 3.63) is 17.8 Å². The molecule has 0 bridgehead atoms. The highest BCUT2D eigenvalue weighted by Crippen LogP contribution is 2.40. The molecule has 0 saturated carbocycles. The van der Waals surface area contributed by atoms with Crippen LogP contribution in [0, 0.1) is 0 Å². The van der Waals surface area contributed by atoms with Gasteiger partial charge in [-0.25, -0.2) is 4.79 Å². The van der Waals surface area contributed by atoms with E-state index >= 15 is 0 Å². The third kappa shape index (κ3) is 4.01. The Bertz CT molecular complexity index is 930. The maximum absolute atomic E-state index is 12.8. The number of ether oxygens (including phenoxy) is 4. The number of carbonyl (C=O) groups excluding carboxylic acids is 2. The van der Waals surface area contributed by atoms with Crippen LogP contribution in [0.1, 0.15) is 31.3 Å². The molecule has 1 aromatic heterocycles. The number of carbonyl (C=O) groups is 2. The zero-order chi connectivity index (χ0) is 20.5. The van der Waals surface area contributed by atoms with Crippen molar-refractivity contribution >= 4 is 28.5 Å². The number of aromatic amines is 1. The van der Waals surface area contributed by atoms with Gasteiger partial charge in [0.1, 0.15) is 5.69 Å². The first kappa shape index (κ1) is 19.5. The lowest BCUT2D eigenvalue weighted by Gasteiger charge is -2.34. The summed E-state index contributed by atoms with van der Waals surface area (Å²) in [6.45, 7) is 7.64. The highest BCUT2D eigenvalue weighted by molar-refractivity contribution is 6.11. The topological polar surface area (TPSA) is 102 Å². The monoisotopic (exact) mass is 403 g/mol. The first-order chi connectivity index (χ1) is 13.9. The van der Waals surface area contributed by atoms with Gasteiger partial charge in [-0.3, -0.25) is 9.69 Å². The number of nitrogens with one attached hydrogen (secondary N) is 2. The molecule has 2 aliphatic heterocycles. The number of rotatable bonds is 5. The Morgan fingerprint density at radius 2 is 1.90 bits per heavy atom. The SMILES string of the molecule is CCOC(=O)c1[nH]c2cc3c(cc2c1NC(=O)CN1CC(C)OC(C)C1)OCO3. The van der Waals surface area contributed by atoms with Crippen molar-refractivity contribution in [2.24, 2.45) is 0 Å². The molecule has 2 atom stereocenters. The van der Waals surface area contributed by atoms with Gasteiger partial charge in [0.15, 0.2) is 11.5 Å². The van der Waals surface area contributed by atoms with Crippen LogP contribution in [0.25, 0.3) is 10.9 Å². The fourth-order valence-corrected chi connectivity index (χ4v) is 3.87. The lowest BCUT2D eigenvalue weighted by atomic mass is 10.2. The summed E-state index contributed by atoms with van der Waals surface area (Å²) < 4.78 is 21.7. The van der Waals surface area contributed by atoms with E-state index in [0.29, 0.717) is 41.2 Å². The first-order valence-electron chi connectivity index (χ1n) is 9.74. The van der Waals surface area contributed by atoms with E-state index in [4.69, 9.17) is 18.9 Å². The molecule has 2 aromatic rings. The number of morpholine rings is 1. The van der Waals surface area contributed by atoms with Gasteiger partial charge in [-0.1, -0.05) is 0 Å². The number of aromatic nitrogens is 1. The second-order valence-electron chi connectivity index (χ2n) is 7.35. The third-order valence-electron chi connectivity index (χ3n) is 4.90. The quantitative estimate of drug-likeness (QED) is 0.737. The minimum absolute atomic E-state index is 0.0643. The smallest absolute Gasteiger partial charge is 0.356 e. The molecule has 4 rings (SSSR count). The van der Waals surface area contributed by atoms with Crippen LogP contribution in [0.5, 0.6) is 11.5 Å². The van der Waals surface area contributed by atoms with Gasteiger partial charge in [-0.15, -0.1) is 0 Å². The Kier molecular flexibility index (Phi) is 5.33. The fraction of sp³-hybridized carbons (Fsp3) is 0.500. The van der Waals surface area contributed by atoms with Crippen molar-refractivity contribution in [2.45, 2.75) is 33.0 Å². The minimum Gasteiger partial charge on any atom is -0.461 e. The van der Waals surface area contributed by atoms with E-state index in [2.05, 4.69) is 10.3 Å². The Morgan fingerprint density at radius 1 is 1.21 bits per heavy atom. The number of amides is 1. The zero-order valence-electron chi connectivity index (χ0n) is 16.7. The summed E-state index contributed by atoms with van der Waals surface area (Å²) >= 11 is 0. The number of hydrogen-bond donors (Lipinski definition) is 2. The molecule has 0 aliphatic carbocycles. The molecule has 9 heteroatoms. The zero-order valence-corrected chi connectivity index (χ0v) is 16.7. The van der Waals surface area contributed by atoms with E-state index < -0.39 is 5.97 Å². The van der Waals surface area contributed by atoms with Crippen LogP contribution in [0.4, 0.5) is 5.69 Å². The van der Waals surface area contributed by atoms with Gasteiger partial charge in [0.05, 0.1) is 36.6 Å². The lowest BCUT2D eigenvalue weighted by Crippen LogP contribution is -2.48. The summed E-state index contributed by atoms with van der Waals surface area (Å²) in [5.74, 6) is 0.409. The number of esters is 1. The van der Waals surface area contributed by atoms with Crippen molar-refractivity contribution in [2.75, 3.05) is 38.4 Å². The lowest BCUT2D eigenvalue weighted by molar-refractivity contribution is -0.121. The highest BCUT2D eigenvalue weighted by atomic mass is 16.7. The van der Waals surface area contributed by atoms with Crippen molar-refractivity contribution in [3.63, 3.8) is 0 Å². The second-order valence-corrected chi connectivity index (χ2v) is 7.35. The van der Waals surface area contributed by atoms with Gasteiger partial charge in [0.2, 0.25) is 12.7 Å². The molecule has 0 spiro atoms. The molecule has 156 valence electrons. The van der Waals surface area contributed by atoms with E-state index in [1.165, 1.54) is 0 Å². The summed E-state index contributed by atoms with van der Waals surface area (Å²) in [6.07, 6.45) is 0.129. The Labute approximate surface area is 168 Å². The van der Waals surface area contributed by atoms with Crippen LogP contribution < -0.4 is 14.8 Å². The fourth-order valence-electron chi connectivity index (χ4n) is 3.87. The predicted octanol–water partition coefficient (Wildman–Crippen LogP) is 2.12. The van der Waals surface area contributed by atoms with Crippen LogP contribution in [0.15, 0.2) is 12.1 Å². The summed E-state index contributed by atoms with van der Waals surface area (Å²) in [5, 5.41) is 3.55. The number of H-pyrrole nitrogens is 1. The molecule has 2 unspecified atom stereocenters. The number of nitrogens with zero attached hydrogens (tertiary/aromatic N) is 1. The summed E-state index contributed by atoms with van der Waals surface area (Å²) in [6, 6.07) is 3.51. The van der Waals surface area contributed by atoms with Gasteiger partial charge in [-0.05, 0) is 26.8 Å². The maximum atomic E-state index is 12.8. The number of anilines is 1. The molecule has 29 heavy (non-hydrogen) atoms. The molecule has 0 radical (unpaired) electrons. The Hall–Kier alpha value is -2.78. The van der Waals surface area contributed by atoms with Gasteiger partial charge in [-0.2, -0.15) is 0 Å². The average Bonchev–Trinajstić information content (AvgIpc) is 3.23. The van der Waals surface area contributed by atoms with E-state index in [0.717, 1.165) is 0 Å². The van der Waals surface area contributed by atoms with Crippen LogP contribution >= 0.6 is 0 Å². The van der Waals surface area contributed by atoms with Crippen LogP contribution in [0.3, 0.4) is 0 Å².